The maximum Gasteiger partial charge on any atom is 0.386 e. The average Bonchev–Trinajstić information content (AvgIpc) is 1.61. The number of nitrogens with zero attached hydrogens (tertiary/aromatic N) is 21. The van der Waals surface area contributed by atoms with Crippen molar-refractivity contribution in [3.63, 3.8) is 0 Å². The van der Waals surface area contributed by atoms with Gasteiger partial charge in [0, 0.05) is 74.9 Å². The van der Waals surface area contributed by atoms with Crippen molar-refractivity contribution in [2.75, 3.05) is 111 Å². The molecule has 9 fully saturated rings. The maximum absolute atomic E-state index is 16.4. The summed E-state index contributed by atoms with van der Waals surface area (Å²) in [6.45, 7) is -8.10. The second-order valence-corrected chi connectivity index (χ2v) is 49.7. The fourth-order valence-electron chi connectivity index (χ4n) is 21.5. The Labute approximate surface area is 860 Å². The van der Waals surface area contributed by atoms with Crippen molar-refractivity contribution in [1.82, 2.24) is 104 Å². The van der Waals surface area contributed by atoms with Crippen molar-refractivity contribution < 1.29 is 137 Å². The fourth-order valence-corrected chi connectivity index (χ4v) is 28.4. The first-order valence-electron chi connectivity index (χ1n) is 48.4. The lowest BCUT2D eigenvalue weighted by atomic mass is 10.1. The highest BCUT2D eigenvalue weighted by Gasteiger charge is 2.60. The number of hydrogen-bond acceptors (Lipinski definition) is 46. The summed E-state index contributed by atoms with van der Waals surface area (Å²) in [6.07, 6.45) is -20.6. The van der Waals surface area contributed by atoms with Gasteiger partial charge in [-0.2, -0.15) is 30.6 Å². The number of anilines is 6. The number of ether oxygens (including phenoxy) is 6. The van der Waals surface area contributed by atoms with Gasteiger partial charge in [0.1, 0.15) is 116 Å². The van der Waals surface area contributed by atoms with Crippen LogP contribution in [0.2, 0.25) is 0 Å². The zero-order valence-electron chi connectivity index (χ0n) is 78.4. The molecule has 0 aromatic carbocycles. The predicted molar refractivity (Wildman–Crippen MR) is 525 cm³/mol. The zero-order valence-corrected chi connectivity index (χ0v) is 85.5. The monoisotopic (exact) mass is 2230 g/mol. The van der Waals surface area contributed by atoms with Gasteiger partial charge in [0.15, 0.2) is 102 Å². The smallest absolute Gasteiger partial charge is 0.385 e. The molecule has 0 saturated carbocycles. The Hall–Kier alpha value is -8.43. The van der Waals surface area contributed by atoms with Crippen molar-refractivity contribution in [3.05, 3.63) is 89.9 Å². The molecular formula is C81H90B4F5N27O25P6S2. The number of pyridine rings is 3. The average molecular weight is 2230 g/mol. The lowest BCUT2D eigenvalue weighted by Crippen LogP contribution is -2.38. The van der Waals surface area contributed by atoms with Crippen molar-refractivity contribution in [2.45, 2.75) is 225 Å². The molecule has 69 heteroatoms. The minimum absolute atomic E-state index is 0.288. The van der Waals surface area contributed by atoms with E-state index in [0.29, 0.717) is 160 Å². The summed E-state index contributed by atoms with van der Waals surface area (Å²) in [5.41, 5.74) is 8.55. The van der Waals surface area contributed by atoms with Crippen LogP contribution in [-0.4, -0.2) is 333 Å². The minimum atomic E-state index is -4.59. The molecule has 27 heterocycles. The van der Waals surface area contributed by atoms with E-state index < -0.39 is 231 Å². The van der Waals surface area contributed by atoms with Gasteiger partial charge < -0.3 is 111 Å². The van der Waals surface area contributed by atoms with Gasteiger partial charge >= 0.3 is 13.5 Å². The van der Waals surface area contributed by atoms with E-state index in [2.05, 4.69) is 120 Å². The topological polar surface area (TPSA) is 587 Å². The number of thiol groups is 1. The Kier molecular flexibility index (Phi) is 27.2. The molecule has 27 rings (SSSR count). The minimum Gasteiger partial charge on any atom is -0.385 e. The van der Waals surface area contributed by atoms with E-state index in [1.807, 2.05) is 12.1 Å². The molecule has 0 aliphatic carbocycles. The fraction of sp³-hybridized carbons (Fsp3) is 0.593. The molecule has 12 unspecified atom stereocenters. The van der Waals surface area contributed by atoms with Crippen LogP contribution < -0.4 is 31.9 Å². The number of hydrogen-bond donors (Lipinski definition) is 9. The van der Waals surface area contributed by atoms with Crippen LogP contribution in [0.5, 0.6) is 0 Å². The molecule has 0 spiro atoms. The molecule has 9 saturated heterocycles. The molecule has 0 amide bonds. The Morgan fingerprint density at radius 2 is 0.573 bits per heavy atom. The van der Waals surface area contributed by atoms with E-state index in [4.69, 9.17) is 125 Å². The van der Waals surface area contributed by atoms with Crippen LogP contribution in [0.1, 0.15) is 110 Å². The summed E-state index contributed by atoms with van der Waals surface area (Å²) in [5.74, 6) is 1.70. The molecular weight excluding hydrogens is 2140 g/mol. The van der Waals surface area contributed by atoms with Crippen molar-refractivity contribution in [2.24, 2.45) is 0 Å². The van der Waals surface area contributed by atoms with Gasteiger partial charge in [-0.3, -0.25) is 31.8 Å². The molecule has 52 nitrogen and oxygen atoms in total. The Balaban J connectivity index is 0.000000116. The Morgan fingerprint density at radius 3 is 0.880 bits per heavy atom. The third-order valence-corrected chi connectivity index (χ3v) is 35.6. The highest BCUT2D eigenvalue weighted by molar-refractivity contribution is 8.44. The van der Waals surface area contributed by atoms with Crippen LogP contribution in [0.25, 0.3) is 66.2 Å². The van der Waals surface area contributed by atoms with Crippen LogP contribution in [0, 0.1) is 0 Å². The molecule has 12 aromatic rings. The van der Waals surface area contributed by atoms with E-state index >= 15 is 22.0 Å². The van der Waals surface area contributed by atoms with E-state index in [0.717, 1.165) is 86.0 Å². The number of alkyl halides is 5. The number of nitrogens with one attached hydrogen (secondary N) is 6. The molecule has 30 atom stereocenters. The first-order chi connectivity index (χ1) is 72.2. The number of aliphatic hydroxyl groups is 1. The van der Waals surface area contributed by atoms with Gasteiger partial charge in [0.25, 0.3) is 29.9 Å². The highest BCUT2D eigenvalue weighted by Crippen LogP contribution is 2.62. The first-order valence-corrected chi connectivity index (χ1v) is 60.1. The quantitative estimate of drug-likeness (QED) is 0.0327. The van der Waals surface area contributed by atoms with Gasteiger partial charge in [-0.05, 0) is 107 Å². The number of aliphatic hydroxyl groups excluding tert-OH is 1. The molecule has 150 heavy (non-hydrogen) atoms. The van der Waals surface area contributed by atoms with Crippen molar-refractivity contribution in [3.8, 4) is 0 Å². The van der Waals surface area contributed by atoms with Gasteiger partial charge in [-0.25, -0.2) is 99.5 Å². The highest BCUT2D eigenvalue weighted by atomic mass is 32.7. The summed E-state index contributed by atoms with van der Waals surface area (Å²) in [4.78, 5) is 50.3. The van der Waals surface area contributed by atoms with E-state index in [1.165, 1.54) is 47.1 Å². The molecule has 8 radical (unpaired) electrons. The number of fused-ring (bicyclic) bond motifs is 6. The van der Waals surface area contributed by atoms with Gasteiger partial charge in [0.05, 0.1) is 106 Å². The summed E-state index contributed by atoms with van der Waals surface area (Å²) in [7, 11) is 5.62. The third-order valence-electron chi connectivity index (χ3n) is 28.2. The Bertz CT molecular complexity index is 6500. The normalized spacial score (nSPS) is 37.5. The van der Waals surface area contributed by atoms with E-state index in [9.17, 15) is 32.8 Å². The molecule has 15 aliphatic heterocycles. The van der Waals surface area contributed by atoms with E-state index in [-0.39, 0.29) is 5.65 Å². The lowest BCUT2D eigenvalue weighted by Gasteiger charge is -2.29. The summed E-state index contributed by atoms with van der Waals surface area (Å²) >= 11 is 9.42. The summed E-state index contributed by atoms with van der Waals surface area (Å²) < 4.78 is 260. The zero-order chi connectivity index (χ0) is 103. The second kappa shape index (κ2) is 40.0. The molecule has 8 N–H and O–H groups in total. The van der Waals surface area contributed by atoms with Crippen LogP contribution in [-0.2, 0) is 156 Å². The van der Waals surface area contributed by atoms with Gasteiger partial charge in [-0.15, -0.1) is 0 Å². The van der Waals surface area contributed by atoms with Crippen LogP contribution in [0.3, 0.4) is 0 Å². The Morgan fingerprint density at radius 1 is 0.327 bits per heavy atom. The van der Waals surface area contributed by atoms with Crippen LogP contribution in [0.15, 0.2) is 55.8 Å². The number of aryl methyl sites for hydroxylation is 6. The predicted octanol–water partition coefficient (Wildman–Crippen LogP) is 8.21. The van der Waals surface area contributed by atoms with Crippen molar-refractivity contribution >= 4 is 198 Å². The summed E-state index contributed by atoms with van der Waals surface area (Å²) in [5, 5.41) is 62.9. The van der Waals surface area contributed by atoms with Gasteiger partial charge in [0.2, 0.25) is 30.3 Å². The molecule has 0 bridgehead atoms. The third kappa shape index (κ3) is 19.0. The second-order valence-electron chi connectivity index (χ2n) is 37.9. The van der Waals surface area contributed by atoms with Gasteiger partial charge in [-0.1, -0.05) is 12.2 Å². The largest absolute Gasteiger partial charge is 0.386 e. The SMILES string of the molecule is [B]P1(=O)OC[C@H]2O[C@@H](n3nc4c5c(ncnc53)NCCC4)C(F)[C@H]2OP(O)(=S)OC[C@H]2O[C@@H](n3nc4c5c(ccnc53)NCCC4)[C@@H](F)C2O1.[B]P1(=O)OC[C@H]2O[C@@H](n3nc4c5c(ncnc53)NCCC4)C(F)[C@H]2OP([B])(=O)OC[C@H]2O[C@@H](n3nc4c5c(ccnc53)NCCC4)[C@@H](F)C2O1.[B]P1(=O)OC[C@H]2O[C@@H](n3nc4c5c(ncnc53)NCCC4)C(O)[C@H]2OP(=O)(S)OC[C@H]2O[C@@H](n3nc4c5c(ccnc53)NCCC4)[C@@H](F)C2O1. The molecule has 15 aliphatic rings. The molecule has 788 valence electrons. The standard InChI is InChI=1S/C27H29B2F2N9O8P2.C27H30BF2N9O8P2S.C27H31BFN9O9P2S/c28-49(41)44-10-16-22(20(31)27(46-16)40-25-18-14(38-40)4-2-7-33-23(18)35-11-36-25)48-50(29,42)43-9-15-21(47-49)19(30)26(45-15)39-24-17-12(5-8-34-24)32-6-1-3-13(17)37-39;28-48(40)42-9-15-22(20(30)27(44-15)39-25-18-14(37-39)4-2-7-32-23(18)34-11-35-25)47-49(41,50)43-10-16-21(46-48)19(29)26(45-16)38-24-17-12(5-8-33-24)31-6-1-3-13(17)36-38;28-48(40)42-9-16-22(20(39)27(45-16)38-25-18-14(36-38)4-2-7-31-23(18)33-11-34-25)47-49(41,50)43-10-15-21(46-48)19(29)26(44-15)37-24-17-12(5-8-32-24)30-6-1-3-13(17)35-37/h5,8,11,15-16,19-22,26-27,32H,1-4,6-7,9-10H2,(H,33,35,36);5,8,11,15-16,19-22,26-27,31H,1-4,6-7,9-10H2,(H,41,50)(H,32,34,35);5,8,11,15-16,19-22,26-27,30,39H,1-4,6-7,9-10H2,(H,41,50)(H,31,33,34)/t15-,16-,19+,20?,21?,22+,26-,27-,49?,50?;2*15-,16-,19+,20?,21?,22+,26-,27-,48?,49?/m111/s1. The van der Waals surface area contributed by atoms with Crippen molar-refractivity contribution in [1.29, 1.82) is 0 Å². The first kappa shape index (κ1) is 102. The number of rotatable bonds is 6. The number of aromatic nitrogens is 21. The lowest BCUT2D eigenvalue weighted by molar-refractivity contribution is -0.0601. The number of halogens is 5. The van der Waals surface area contributed by atoms with Crippen LogP contribution in [0.4, 0.5) is 56.5 Å². The maximum atomic E-state index is 16.4. The summed E-state index contributed by atoms with van der Waals surface area (Å²) in [6, 6.07) is 5.43. The molecule has 12 aromatic heterocycles. The van der Waals surface area contributed by atoms with E-state index in [1.54, 1.807) is 24.7 Å². The van der Waals surface area contributed by atoms with Crippen LogP contribution >= 0.6 is 55.7 Å².